The quantitative estimate of drug-likeness (QED) is 0.216. The topological polar surface area (TPSA) is 173 Å². The number of hydrogen-bond donors (Lipinski definition) is 4. The van der Waals surface area contributed by atoms with Crippen molar-refractivity contribution >= 4 is 31.2 Å². The van der Waals surface area contributed by atoms with Gasteiger partial charge in [0, 0.05) is 19.0 Å². The highest BCUT2D eigenvalue weighted by atomic mass is 16.7. The van der Waals surface area contributed by atoms with Crippen LogP contribution in [0, 0.1) is 0 Å². The number of nitrogens with zero attached hydrogens (tertiary/aromatic N) is 1. The Hall–Kier alpha value is -2.58. The van der Waals surface area contributed by atoms with E-state index >= 15 is 0 Å². The molecule has 2 saturated heterocycles. The summed E-state index contributed by atoms with van der Waals surface area (Å²) >= 11 is 0. The highest BCUT2D eigenvalue weighted by Crippen LogP contribution is 2.39. The molecular formula is C28H50BN3O10. The van der Waals surface area contributed by atoms with E-state index in [2.05, 4.69) is 10.6 Å². The molecule has 0 spiro atoms. The number of amides is 3. The number of carbonyl (C=O) groups excluding carboxylic acids is 3. The largest absolute Gasteiger partial charge is 0.479 e. The number of ether oxygens (including phenoxy) is 2. The Bertz CT molecular complexity index is 991. The van der Waals surface area contributed by atoms with Gasteiger partial charge in [-0.1, -0.05) is 12.8 Å². The highest BCUT2D eigenvalue weighted by molar-refractivity contribution is 6.45. The van der Waals surface area contributed by atoms with Crippen molar-refractivity contribution in [3.63, 3.8) is 0 Å². The molecule has 0 bridgehead atoms. The standard InChI is InChI=1S/C28H50BN3O10/c1-24(2,3)39-22(37)31-19(17-33)20(34)30-18-15-28(21(35)36,32(16-18)23(38)40-25(4,5)6)13-11-12-14-29-41-26(7,8)27(9,10)42-29/h18-19,33H,11-17H2,1-10H3,(H,30,34)(H,31,37)(H,35,36)/t18-,19+,28-/m1/s1. The lowest BCUT2D eigenvalue weighted by Gasteiger charge is -2.35. The number of rotatable bonds is 10. The van der Waals surface area contributed by atoms with E-state index < -0.39 is 77.8 Å². The summed E-state index contributed by atoms with van der Waals surface area (Å²) in [5.74, 6) is -1.95. The molecule has 2 heterocycles. The Kier molecular flexibility index (Phi) is 11.0. The lowest BCUT2D eigenvalue weighted by atomic mass is 9.80. The van der Waals surface area contributed by atoms with Gasteiger partial charge in [-0.05, 0) is 82.0 Å². The molecular weight excluding hydrogens is 549 g/mol. The fraction of sp³-hybridized carbons (Fsp3) is 0.857. The van der Waals surface area contributed by atoms with Crippen LogP contribution in [0.2, 0.25) is 6.32 Å². The van der Waals surface area contributed by atoms with Gasteiger partial charge in [-0.25, -0.2) is 14.4 Å². The number of aliphatic hydroxyl groups is 1. The molecule has 0 aromatic rings. The van der Waals surface area contributed by atoms with Crippen molar-refractivity contribution < 1.29 is 48.2 Å². The molecule has 14 heteroatoms. The predicted molar refractivity (Wildman–Crippen MR) is 155 cm³/mol. The number of likely N-dealkylation sites (tertiary alicyclic amines) is 1. The average Bonchev–Trinajstić information content (AvgIpc) is 3.26. The number of nitrogens with one attached hydrogen (secondary N) is 2. The number of aliphatic carboxylic acids is 1. The second kappa shape index (κ2) is 13.0. The van der Waals surface area contributed by atoms with Crippen molar-refractivity contribution in [3.8, 4) is 0 Å². The van der Waals surface area contributed by atoms with Crippen LogP contribution < -0.4 is 10.6 Å². The number of carboxylic acid groups (broad SMARTS) is 1. The molecule has 0 radical (unpaired) electrons. The van der Waals surface area contributed by atoms with Gasteiger partial charge >= 0.3 is 25.3 Å². The molecule has 0 aromatic heterocycles. The van der Waals surface area contributed by atoms with E-state index in [4.69, 9.17) is 18.8 Å². The van der Waals surface area contributed by atoms with E-state index in [1.807, 2.05) is 27.7 Å². The third-order valence-electron chi connectivity index (χ3n) is 7.63. The van der Waals surface area contributed by atoms with E-state index in [-0.39, 0.29) is 19.4 Å². The van der Waals surface area contributed by atoms with Crippen LogP contribution in [0.3, 0.4) is 0 Å². The van der Waals surface area contributed by atoms with Gasteiger partial charge in [0.15, 0.2) is 0 Å². The Balaban J connectivity index is 2.16. The van der Waals surface area contributed by atoms with Gasteiger partial charge in [-0.2, -0.15) is 0 Å². The van der Waals surface area contributed by atoms with Gasteiger partial charge in [-0.3, -0.25) is 9.69 Å². The normalized spacial score (nSPS) is 24.2. The first-order chi connectivity index (χ1) is 19.0. The summed E-state index contributed by atoms with van der Waals surface area (Å²) < 4.78 is 22.8. The highest BCUT2D eigenvalue weighted by Gasteiger charge is 2.55. The summed E-state index contributed by atoms with van der Waals surface area (Å²) in [4.78, 5) is 52.3. The zero-order valence-electron chi connectivity index (χ0n) is 26.8. The molecule has 3 amide bonds. The molecule has 0 aliphatic carbocycles. The van der Waals surface area contributed by atoms with Crippen molar-refractivity contribution in [3.05, 3.63) is 0 Å². The van der Waals surface area contributed by atoms with E-state index in [9.17, 15) is 29.4 Å². The smallest absolute Gasteiger partial charge is 0.457 e. The monoisotopic (exact) mass is 599 g/mol. The third kappa shape index (κ3) is 9.21. The lowest BCUT2D eigenvalue weighted by molar-refractivity contribution is -0.150. The molecule has 0 unspecified atom stereocenters. The van der Waals surface area contributed by atoms with Crippen LogP contribution in [0.25, 0.3) is 0 Å². The molecule has 2 aliphatic heterocycles. The second-order valence-corrected chi connectivity index (χ2v) is 14.2. The van der Waals surface area contributed by atoms with Gasteiger partial charge < -0.3 is 39.6 Å². The zero-order chi connectivity index (χ0) is 32.3. The van der Waals surface area contributed by atoms with Crippen LogP contribution in [0.4, 0.5) is 9.59 Å². The minimum absolute atomic E-state index is 0.0889. The molecule has 2 aliphatic rings. The van der Waals surface area contributed by atoms with Crippen molar-refractivity contribution in [2.75, 3.05) is 13.2 Å². The SMILES string of the molecule is CC(C)(C)OC(=O)N[C@@H](CO)C(=O)N[C@H]1CN(C(=O)OC(C)(C)C)[C@@](CCCCB2OC(C)(C)C(C)(C)O2)(C(=O)O)C1. The summed E-state index contributed by atoms with van der Waals surface area (Å²) in [6, 6.07) is -2.12. The fourth-order valence-electron chi connectivity index (χ4n) is 4.94. The number of hydrogen-bond acceptors (Lipinski definition) is 9. The molecule has 42 heavy (non-hydrogen) atoms. The van der Waals surface area contributed by atoms with Crippen molar-refractivity contribution in [1.82, 2.24) is 15.5 Å². The summed E-state index contributed by atoms with van der Waals surface area (Å²) in [6.45, 7) is 17.0. The maximum absolute atomic E-state index is 13.2. The van der Waals surface area contributed by atoms with E-state index in [0.29, 0.717) is 19.2 Å². The van der Waals surface area contributed by atoms with E-state index in [1.54, 1.807) is 41.5 Å². The summed E-state index contributed by atoms with van der Waals surface area (Å²) in [5, 5.41) is 25.2. The van der Waals surface area contributed by atoms with Gasteiger partial charge in [0.1, 0.15) is 22.8 Å². The maximum atomic E-state index is 13.2. The Labute approximate surface area is 249 Å². The van der Waals surface area contributed by atoms with Crippen LogP contribution >= 0.6 is 0 Å². The zero-order valence-corrected chi connectivity index (χ0v) is 26.8. The number of aliphatic hydroxyl groups excluding tert-OH is 1. The third-order valence-corrected chi connectivity index (χ3v) is 7.63. The average molecular weight is 600 g/mol. The lowest BCUT2D eigenvalue weighted by Crippen LogP contribution is -2.54. The predicted octanol–water partition coefficient (Wildman–Crippen LogP) is 3.08. The summed E-state index contributed by atoms with van der Waals surface area (Å²) in [5.41, 5.74) is -4.30. The Morgan fingerprint density at radius 3 is 2.00 bits per heavy atom. The van der Waals surface area contributed by atoms with Crippen molar-refractivity contribution in [2.24, 2.45) is 0 Å². The number of alkyl carbamates (subject to hydrolysis) is 1. The fourth-order valence-corrected chi connectivity index (χ4v) is 4.94. The molecule has 3 atom stereocenters. The Morgan fingerprint density at radius 1 is 0.976 bits per heavy atom. The summed E-state index contributed by atoms with van der Waals surface area (Å²) in [6.07, 6.45) is -0.114. The van der Waals surface area contributed by atoms with Crippen LogP contribution in [0.15, 0.2) is 0 Å². The number of carbonyl (C=O) groups is 4. The van der Waals surface area contributed by atoms with Gasteiger partial charge in [0.25, 0.3) is 0 Å². The van der Waals surface area contributed by atoms with E-state index in [1.165, 1.54) is 0 Å². The van der Waals surface area contributed by atoms with Crippen LogP contribution in [-0.2, 0) is 28.4 Å². The van der Waals surface area contributed by atoms with Crippen molar-refractivity contribution in [2.45, 2.75) is 141 Å². The number of carboxylic acids is 1. The molecule has 2 fully saturated rings. The molecule has 13 nitrogen and oxygen atoms in total. The first-order valence-corrected chi connectivity index (χ1v) is 14.5. The van der Waals surface area contributed by atoms with Crippen LogP contribution in [-0.4, -0.2) is 99.5 Å². The van der Waals surface area contributed by atoms with Crippen LogP contribution in [0.5, 0.6) is 0 Å². The molecule has 4 N–H and O–H groups in total. The van der Waals surface area contributed by atoms with Gasteiger partial charge in [0.2, 0.25) is 5.91 Å². The van der Waals surface area contributed by atoms with Crippen LogP contribution in [0.1, 0.15) is 94.9 Å². The number of unbranched alkanes of at least 4 members (excludes halogenated alkanes) is 1. The van der Waals surface area contributed by atoms with Crippen molar-refractivity contribution in [1.29, 1.82) is 0 Å². The summed E-state index contributed by atoms with van der Waals surface area (Å²) in [7, 11) is -0.429. The van der Waals surface area contributed by atoms with Gasteiger partial charge in [0.05, 0.1) is 17.8 Å². The molecule has 0 saturated carbocycles. The first kappa shape index (κ1) is 35.6. The molecule has 240 valence electrons. The van der Waals surface area contributed by atoms with Gasteiger partial charge in [-0.15, -0.1) is 0 Å². The minimum atomic E-state index is -1.65. The first-order valence-electron chi connectivity index (χ1n) is 14.5. The molecule has 2 rings (SSSR count). The Morgan fingerprint density at radius 2 is 1.52 bits per heavy atom. The molecule has 0 aromatic carbocycles. The van der Waals surface area contributed by atoms with E-state index in [0.717, 1.165) is 4.90 Å². The maximum Gasteiger partial charge on any atom is 0.457 e. The minimum Gasteiger partial charge on any atom is -0.479 e. The second-order valence-electron chi connectivity index (χ2n) is 14.2.